The molecular formula is C32H46F2N6O4S. The Balaban J connectivity index is 1.17. The molecule has 1 amide bonds. The second kappa shape index (κ2) is 13.4. The number of rotatable bonds is 11. The average molecular weight is 649 g/mol. The van der Waals surface area contributed by atoms with Crippen molar-refractivity contribution in [3.8, 4) is 11.5 Å². The Labute approximate surface area is 265 Å². The van der Waals surface area contributed by atoms with Gasteiger partial charge in [-0.3, -0.25) is 4.79 Å². The van der Waals surface area contributed by atoms with Gasteiger partial charge in [-0.05, 0) is 97.5 Å². The lowest BCUT2D eigenvalue weighted by Gasteiger charge is -2.55. The molecule has 0 atom stereocenters. The van der Waals surface area contributed by atoms with Crippen LogP contribution in [-0.4, -0.2) is 96.9 Å². The van der Waals surface area contributed by atoms with Gasteiger partial charge in [-0.2, -0.15) is 0 Å². The summed E-state index contributed by atoms with van der Waals surface area (Å²) in [4.78, 5) is 28.0. The van der Waals surface area contributed by atoms with E-state index >= 15 is 4.39 Å². The fourth-order valence-corrected chi connectivity index (χ4v) is 7.87. The molecule has 248 valence electrons. The molecule has 0 unspecified atom stereocenters. The Hall–Kier alpha value is -2.90. The van der Waals surface area contributed by atoms with E-state index in [1.165, 1.54) is 24.5 Å². The lowest BCUT2D eigenvalue weighted by Crippen LogP contribution is -2.61. The Kier molecular flexibility index (Phi) is 10.0. The number of aromatic nitrogens is 2. The summed E-state index contributed by atoms with van der Waals surface area (Å²) >= 11 is 0. The second-order valence-corrected chi connectivity index (χ2v) is 15.3. The highest BCUT2D eigenvalue weighted by atomic mass is 32.2. The molecule has 0 bridgehead atoms. The molecule has 1 saturated carbocycles. The van der Waals surface area contributed by atoms with Gasteiger partial charge < -0.3 is 19.4 Å². The molecule has 1 aromatic carbocycles. The van der Waals surface area contributed by atoms with Gasteiger partial charge in [0.25, 0.3) is 5.91 Å². The van der Waals surface area contributed by atoms with Crippen LogP contribution in [0.4, 0.5) is 14.6 Å². The van der Waals surface area contributed by atoms with Crippen LogP contribution in [0.3, 0.4) is 0 Å². The number of anilines is 1. The molecule has 1 aromatic heterocycles. The number of sulfonamides is 1. The topological polar surface area (TPSA) is 108 Å². The molecule has 1 spiro atoms. The van der Waals surface area contributed by atoms with Gasteiger partial charge >= 0.3 is 0 Å². The Bertz CT molecular complexity index is 1450. The number of alkyl halides is 1. The number of nitrogens with one attached hydrogen (secondary N) is 1. The van der Waals surface area contributed by atoms with Crippen molar-refractivity contribution in [3.63, 3.8) is 0 Å². The maximum atomic E-state index is 15.7. The van der Waals surface area contributed by atoms with Crippen molar-refractivity contribution in [1.82, 2.24) is 24.5 Å². The smallest absolute Gasteiger partial charge is 0.257 e. The van der Waals surface area contributed by atoms with E-state index in [1.807, 2.05) is 20.8 Å². The summed E-state index contributed by atoms with van der Waals surface area (Å²) in [6.07, 6.45) is 6.69. The van der Waals surface area contributed by atoms with Gasteiger partial charge in [0.1, 0.15) is 23.6 Å². The molecule has 2 aromatic rings. The fraction of sp³-hybridized carbons (Fsp3) is 0.656. The number of halogens is 2. The standard InChI is InChI=1S/C32H46F2N6O4S/c1-5-40(23(3)4)30(41)26-17-24(33)7-8-27(26)44-28-18-35-22-36-29(28)39-19-31(20-39)13-15-38(16-14-31)21-32(34)11-9-25(10-12-32)37-45(42,43)6-2/h7-8,17-18,22-23,25,37H,5-6,9-16,19-21H2,1-4H3. The van der Waals surface area contributed by atoms with E-state index in [4.69, 9.17) is 4.74 Å². The van der Waals surface area contributed by atoms with Crippen LogP contribution in [0, 0.1) is 11.2 Å². The van der Waals surface area contributed by atoms with Gasteiger partial charge in [-0.1, -0.05) is 0 Å². The van der Waals surface area contributed by atoms with Crippen molar-refractivity contribution in [2.24, 2.45) is 5.41 Å². The van der Waals surface area contributed by atoms with Crippen LogP contribution >= 0.6 is 0 Å². The van der Waals surface area contributed by atoms with Crippen LogP contribution in [-0.2, 0) is 10.0 Å². The molecule has 13 heteroatoms. The molecule has 2 saturated heterocycles. The SMILES string of the molecule is CCN(C(=O)c1cc(F)ccc1Oc1cncnc1N1CC2(CCN(CC3(F)CCC(NS(=O)(=O)CC)CC3)CC2)C1)C(C)C. The normalized spacial score (nSPS) is 23.6. The van der Waals surface area contributed by atoms with Gasteiger partial charge in [-0.15, -0.1) is 0 Å². The average Bonchev–Trinajstić information content (AvgIpc) is 2.99. The van der Waals surface area contributed by atoms with Crippen molar-refractivity contribution in [2.45, 2.75) is 84.0 Å². The molecule has 3 heterocycles. The minimum absolute atomic E-state index is 0.0370. The highest BCUT2D eigenvalue weighted by Gasteiger charge is 2.47. The highest BCUT2D eigenvalue weighted by Crippen LogP contribution is 2.45. The molecule has 3 fully saturated rings. The summed E-state index contributed by atoms with van der Waals surface area (Å²) < 4.78 is 62.7. The summed E-state index contributed by atoms with van der Waals surface area (Å²) in [7, 11) is -3.28. The molecular weight excluding hydrogens is 602 g/mol. The maximum Gasteiger partial charge on any atom is 0.257 e. The number of hydrogen-bond acceptors (Lipinski definition) is 8. The van der Waals surface area contributed by atoms with E-state index in [0.717, 1.165) is 39.0 Å². The molecule has 10 nitrogen and oxygen atoms in total. The molecule has 1 aliphatic carbocycles. The lowest BCUT2D eigenvalue weighted by atomic mass is 9.71. The number of amides is 1. The van der Waals surface area contributed by atoms with Crippen LogP contribution in [0.15, 0.2) is 30.7 Å². The van der Waals surface area contributed by atoms with Crippen molar-refractivity contribution in [3.05, 3.63) is 42.1 Å². The third-order valence-electron chi connectivity index (χ3n) is 9.66. The van der Waals surface area contributed by atoms with Gasteiger partial charge in [-0.25, -0.2) is 31.9 Å². The van der Waals surface area contributed by atoms with Crippen LogP contribution < -0.4 is 14.4 Å². The largest absolute Gasteiger partial charge is 0.451 e. The minimum Gasteiger partial charge on any atom is -0.451 e. The highest BCUT2D eigenvalue weighted by molar-refractivity contribution is 7.89. The number of benzene rings is 1. The Morgan fingerprint density at radius 1 is 1.13 bits per heavy atom. The summed E-state index contributed by atoms with van der Waals surface area (Å²) in [5.74, 6) is 0.479. The number of ether oxygens (including phenoxy) is 1. The zero-order chi connectivity index (χ0) is 32.4. The van der Waals surface area contributed by atoms with Gasteiger partial charge in [0.2, 0.25) is 10.0 Å². The number of hydrogen-bond donors (Lipinski definition) is 1. The number of carbonyl (C=O) groups is 1. The first-order valence-corrected chi connectivity index (χ1v) is 17.7. The summed E-state index contributed by atoms with van der Waals surface area (Å²) in [5.41, 5.74) is -1.04. The first-order chi connectivity index (χ1) is 21.3. The van der Waals surface area contributed by atoms with E-state index in [9.17, 15) is 17.6 Å². The lowest BCUT2D eigenvalue weighted by molar-refractivity contribution is 0.0109. The molecule has 3 aliphatic rings. The monoisotopic (exact) mass is 648 g/mol. The fourth-order valence-electron chi connectivity index (χ4n) is 6.96. The third-order valence-corrected chi connectivity index (χ3v) is 11.1. The predicted molar refractivity (Wildman–Crippen MR) is 169 cm³/mol. The van der Waals surface area contributed by atoms with Crippen LogP contribution in [0.2, 0.25) is 0 Å². The number of nitrogens with zero attached hydrogens (tertiary/aromatic N) is 5. The van der Waals surface area contributed by atoms with E-state index in [1.54, 1.807) is 18.0 Å². The molecule has 0 radical (unpaired) electrons. The molecule has 2 aliphatic heterocycles. The van der Waals surface area contributed by atoms with Crippen molar-refractivity contribution >= 4 is 21.7 Å². The first kappa shape index (κ1) is 33.5. The minimum atomic E-state index is -3.28. The van der Waals surface area contributed by atoms with E-state index in [-0.39, 0.29) is 40.5 Å². The van der Waals surface area contributed by atoms with E-state index < -0.39 is 21.5 Å². The summed E-state index contributed by atoms with van der Waals surface area (Å²) in [5, 5.41) is 0. The van der Waals surface area contributed by atoms with Crippen molar-refractivity contribution in [1.29, 1.82) is 0 Å². The summed E-state index contributed by atoms with van der Waals surface area (Å²) in [6.45, 7) is 11.4. The first-order valence-electron chi connectivity index (χ1n) is 16.1. The Morgan fingerprint density at radius 3 is 2.44 bits per heavy atom. The summed E-state index contributed by atoms with van der Waals surface area (Å²) in [6, 6.07) is 3.71. The van der Waals surface area contributed by atoms with E-state index in [0.29, 0.717) is 50.3 Å². The zero-order valence-corrected chi connectivity index (χ0v) is 27.6. The van der Waals surface area contributed by atoms with E-state index in [2.05, 4.69) is 24.5 Å². The predicted octanol–water partition coefficient (Wildman–Crippen LogP) is 4.77. The molecule has 45 heavy (non-hydrogen) atoms. The van der Waals surface area contributed by atoms with Gasteiger partial charge in [0, 0.05) is 43.7 Å². The van der Waals surface area contributed by atoms with Gasteiger partial charge in [0.05, 0.1) is 17.5 Å². The Morgan fingerprint density at radius 2 is 1.82 bits per heavy atom. The molecule has 5 rings (SSSR count). The second-order valence-electron chi connectivity index (χ2n) is 13.2. The maximum absolute atomic E-state index is 15.7. The van der Waals surface area contributed by atoms with Crippen molar-refractivity contribution < 1.29 is 26.7 Å². The number of likely N-dealkylation sites (tertiary alicyclic amines) is 1. The van der Waals surface area contributed by atoms with Crippen molar-refractivity contribution in [2.75, 3.05) is 49.9 Å². The quantitative estimate of drug-likeness (QED) is 0.372. The van der Waals surface area contributed by atoms with Crippen LogP contribution in [0.5, 0.6) is 11.5 Å². The number of piperidine rings is 1. The van der Waals surface area contributed by atoms with Crippen LogP contribution in [0.25, 0.3) is 0 Å². The third kappa shape index (κ3) is 7.74. The van der Waals surface area contributed by atoms with Gasteiger partial charge in [0.15, 0.2) is 11.6 Å². The van der Waals surface area contributed by atoms with Crippen LogP contribution in [0.1, 0.15) is 76.6 Å². The number of carbonyl (C=O) groups excluding carboxylic acids is 1. The zero-order valence-electron chi connectivity index (χ0n) is 26.8. The molecule has 1 N–H and O–H groups in total.